The summed E-state index contributed by atoms with van der Waals surface area (Å²) < 4.78 is 0. The molecule has 0 fully saturated rings. The Morgan fingerprint density at radius 2 is 1.47 bits per heavy atom. The van der Waals surface area contributed by atoms with Gasteiger partial charge in [-0.1, -0.05) is 30.3 Å². The van der Waals surface area contributed by atoms with Gasteiger partial charge < -0.3 is 10.0 Å². The van der Waals surface area contributed by atoms with Crippen LogP contribution in [0.1, 0.15) is 0 Å². The molecule has 0 heterocycles. The van der Waals surface area contributed by atoms with E-state index in [0.717, 1.165) is 10.8 Å². The van der Waals surface area contributed by atoms with Crippen molar-refractivity contribution >= 4 is 33.4 Å². The first-order valence-corrected chi connectivity index (χ1v) is 8.33. The molecule has 4 heteroatoms. The zero-order valence-corrected chi connectivity index (χ0v) is 11.2. The van der Waals surface area contributed by atoms with Gasteiger partial charge in [-0.25, -0.2) is 10.0 Å². The van der Waals surface area contributed by atoms with Gasteiger partial charge >= 0.3 is 7.12 Å². The van der Waals surface area contributed by atoms with Crippen LogP contribution in [-0.4, -0.2) is 35.9 Å². The van der Waals surface area contributed by atoms with Crippen LogP contribution in [0.5, 0.6) is 0 Å². The highest BCUT2D eigenvalue weighted by molar-refractivity contribution is 8.32. The summed E-state index contributed by atoms with van der Waals surface area (Å²) in [5, 5.41) is 20.8. The summed E-state index contributed by atoms with van der Waals surface area (Å²) in [7, 11) is -2.25. The van der Waals surface area contributed by atoms with Gasteiger partial charge in [-0.3, -0.25) is 0 Å². The topological polar surface area (TPSA) is 40.5 Å². The van der Waals surface area contributed by atoms with Crippen molar-refractivity contribution in [1.29, 1.82) is 0 Å². The fourth-order valence-electron chi connectivity index (χ4n) is 2.05. The Kier molecular flexibility index (Phi) is 3.21. The van der Waals surface area contributed by atoms with Gasteiger partial charge in [-0.05, 0) is 46.0 Å². The Morgan fingerprint density at radius 1 is 0.882 bits per heavy atom. The van der Waals surface area contributed by atoms with Gasteiger partial charge in [0.2, 0.25) is 0 Å². The molecule has 0 atom stereocenters. The molecule has 0 aliphatic heterocycles. The molecular weight excluding hydrogens is 231 g/mol. The molecule has 2 nitrogen and oxygen atoms in total. The molecule has 0 saturated carbocycles. The van der Waals surface area contributed by atoms with E-state index >= 15 is 0 Å². The SMILES string of the molecule is CS(C)(C)c1ccc(B(O)O)c2ccccc12. The van der Waals surface area contributed by atoms with Gasteiger partial charge in [-0.2, -0.15) is 0 Å². The molecule has 0 saturated heterocycles. The predicted octanol–water partition coefficient (Wildman–Crippen LogP) is 1.57. The fourth-order valence-corrected chi connectivity index (χ4v) is 3.37. The van der Waals surface area contributed by atoms with Crippen LogP contribution in [0, 0.1) is 0 Å². The summed E-state index contributed by atoms with van der Waals surface area (Å²) in [6.07, 6.45) is 6.72. The first-order chi connectivity index (χ1) is 7.91. The summed E-state index contributed by atoms with van der Waals surface area (Å²) in [5.41, 5.74) is 0.577. The van der Waals surface area contributed by atoms with Gasteiger partial charge in [0.25, 0.3) is 0 Å². The minimum Gasteiger partial charge on any atom is -0.423 e. The Labute approximate surface area is 104 Å². The van der Waals surface area contributed by atoms with Gasteiger partial charge in [-0.15, -0.1) is 0 Å². The van der Waals surface area contributed by atoms with Crippen molar-refractivity contribution in [2.75, 3.05) is 18.8 Å². The molecule has 0 bridgehead atoms. The first-order valence-electron chi connectivity index (χ1n) is 5.47. The van der Waals surface area contributed by atoms with E-state index in [2.05, 4.69) is 24.8 Å². The first kappa shape index (κ1) is 12.5. The highest BCUT2D eigenvalue weighted by Gasteiger charge is 2.18. The fraction of sp³-hybridized carbons (Fsp3) is 0.231. The Hall–Kier alpha value is -0.965. The van der Waals surface area contributed by atoms with E-state index in [-0.39, 0.29) is 0 Å². The molecule has 0 unspecified atom stereocenters. The summed E-state index contributed by atoms with van der Waals surface area (Å²) in [5.74, 6) is 0. The lowest BCUT2D eigenvalue weighted by Gasteiger charge is -2.28. The van der Waals surface area contributed by atoms with Gasteiger partial charge in [0, 0.05) is 0 Å². The van der Waals surface area contributed by atoms with E-state index < -0.39 is 17.1 Å². The maximum Gasteiger partial charge on any atom is 0.489 e. The Balaban J connectivity index is 2.80. The van der Waals surface area contributed by atoms with Crippen LogP contribution in [0.15, 0.2) is 41.3 Å². The minimum atomic E-state index is -1.41. The van der Waals surface area contributed by atoms with Crippen LogP contribution in [0.3, 0.4) is 0 Å². The summed E-state index contributed by atoms with van der Waals surface area (Å²) in [6, 6.07) is 11.8. The molecule has 0 aliphatic carbocycles. The van der Waals surface area contributed by atoms with Crippen LogP contribution in [0.2, 0.25) is 0 Å². The lowest BCUT2D eigenvalue weighted by atomic mass is 9.77. The van der Waals surface area contributed by atoms with Gasteiger partial charge in [0.1, 0.15) is 0 Å². The maximum atomic E-state index is 9.38. The molecule has 0 aromatic heterocycles. The number of hydrogen-bond donors (Lipinski definition) is 2. The third-order valence-electron chi connectivity index (χ3n) is 2.86. The summed E-state index contributed by atoms with van der Waals surface area (Å²) in [6.45, 7) is 0. The highest BCUT2D eigenvalue weighted by atomic mass is 32.3. The molecule has 17 heavy (non-hydrogen) atoms. The molecule has 0 amide bonds. The van der Waals surface area contributed by atoms with Crippen LogP contribution < -0.4 is 5.46 Å². The monoisotopic (exact) mass is 248 g/mol. The molecule has 0 spiro atoms. The van der Waals surface area contributed by atoms with Crippen molar-refractivity contribution in [3.8, 4) is 0 Å². The number of hydrogen-bond acceptors (Lipinski definition) is 2. The minimum absolute atomic E-state index is 0.577. The van der Waals surface area contributed by atoms with E-state index in [0.29, 0.717) is 5.46 Å². The number of fused-ring (bicyclic) bond motifs is 1. The van der Waals surface area contributed by atoms with Crippen LogP contribution in [-0.2, 0) is 0 Å². The van der Waals surface area contributed by atoms with Crippen molar-refractivity contribution in [2.45, 2.75) is 4.90 Å². The average molecular weight is 248 g/mol. The Morgan fingerprint density at radius 3 is 2.00 bits per heavy atom. The predicted molar refractivity (Wildman–Crippen MR) is 77.4 cm³/mol. The second kappa shape index (κ2) is 4.37. The van der Waals surface area contributed by atoms with E-state index in [9.17, 15) is 10.0 Å². The largest absolute Gasteiger partial charge is 0.489 e. The maximum absolute atomic E-state index is 9.38. The van der Waals surface area contributed by atoms with E-state index in [4.69, 9.17) is 0 Å². The molecule has 2 rings (SSSR count). The molecule has 2 aromatic rings. The zero-order chi connectivity index (χ0) is 12.6. The van der Waals surface area contributed by atoms with Crippen molar-refractivity contribution in [3.63, 3.8) is 0 Å². The normalized spacial score (nSPS) is 12.8. The number of benzene rings is 2. The molecule has 0 aliphatic rings. The molecule has 0 radical (unpaired) electrons. The van der Waals surface area contributed by atoms with E-state index in [1.54, 1.807) is 0 Å². The van der Waals surface area contributed by atoms with Crippen LogP contribution in [0.4, 0.5) is 0 Å². The highest BCUT2D eigenvalue weighted by Crippen LogP contribution is 2.48. The third-order valence-corrected chi connectivity index (χ3v) is 4.53. The lowest BCUT2D eigenvalue weighted by Crippen LogP contribution is -2.30. The van der Waals surface area contributed by atoms with Gasteiger partial charge in [0.15, 0.2) is 0 Å². The molecule has 2 aromatic carbocycles. The third kappa shape index (κ3) is 2.34. The smallest absolute Gasteiger partial charge is 0.423 e. The zero-order valence-electron chi connectivity index (χ0n) is 10.3. The van der Waals surface area contributed by atoms with Crippen molar-refractivity contribution in [3.05, 3.63) is 36.4 Å². The Bertz CT molecular complexity index is 547. The number of rotatable bonds is 2. The average Bonchev–Trinajstić information content (AvgIpc) is 2.26. The van der Waals surface area contributed by atoms with Crippen LogP contribution >= 0.6 is 10.0 Å². The van der Waals surface area contributed by atoms with Crippen LogP contribution in [0.25, 0.3) is 10.8 Å². The van der Waals surface area contributed by atoms with Gasteiger partial charge in [0.05, 0.1) is 0 Å². The van der Waals surface area contributed by atoms with Crippen molar-refractivity contribution < 1.29 is 10.0 Å². The summed E-state index contributed by atoms with van der Waals surface area (Å²) >= 11 is 0. The molecule has 2 N–H and O–H groups in total. The van der Waals surface area contributed by atoms with Crippen molar-refractivity contribution in [2.24, 2.45) is 0 Å². The second-order valence-electron chi connectivity index (χ2n) is 4.91. The summed E-state index contributed by atoms with van der Waals surface area (Å²) in [4.78, 5) is 1.30. The molecule has 90 valence electrons. The quantitative estimate of drug-likeness (QED) is 0.792. The van der Waals surface area contributed by atoms with Crippen molar-refractivity contribution in [1.82, 2.24) is 0 Å². The second-order valence-corrected chi connectivity index (χ2v) is 9.02. The molecular formula is C13H17BO2S. The lowest BCUT2D eigenvalue weighted by molar-refractivity contribution is 0.426. The standard InChI is InChI=1S/C13H17BO2S/c1-17(2,3)13-9-8-12(14(15)16)10-6-4-5-7-11(10)13/h4-9,15-16H,1-3H3. The van der Waals surface area contributed by atoms with E-state index in [1.807, 2.05) is 30.3 Å². The van der Waals surface area contributed by atoms with E-state index in [1.165, 1.54) is 4.90 Å².